The molecule has 3 N–H and O–H groups in total. The maximum absolute atomic E-state index is 14.0. The van der Waals surface area contributed by atoms with Crippen molar-refractivity contribution in [2.24, 2.45) is 0 Å². The highest BCUT2D eigenvalue weighted by Crippen LogP contribution is 2.40. The minimum atomic E-state index is -1.09. The van der Waals surface area contributed by atoms with Crippen molar-refractivity contribution in [1.82, 2.24) is 19.9 Å². The summed E-state index contributed by atoms with van der Waals surface area (Å²) in [7, 11) is 0. The van der Waals surface area contributed by atoms with Crippen LogP contribution < -0.4 is 4.90 Å². The molecule has 0 saturated carbocycles. The lowest BCUT2D eigenvalue weighted by Gasteiger charge is -2.23. The number of nitrogens with one attached hydrogen (secondary N) is 2. The summed E-state index contributed by atoms with van der Waals surface area (Å²) >= 11 is 0. The molecule has 388 valence electrons. The molecule has 8 rings (SSSR count). The lowest BCUT2D eigenvalue weighted by atomic mass is 9.87. The van der Waals surface area contributed by atoms with Gasteiger partial charge in [-0.25, -0.2) is 19.7 Å². The van der Waals surface area contributed by atoms with Gasteiger partial charge in [-0.2, -0.15) is 0 Å². The number of fused-ring (bicyclic) bond motifs is 8. The first-order chi connectivity index (χ1) is 36.0. The monoisotopic (exact) mass is 990 g/mol. The smallest absolute Gasteiger partial charge is 0.416 e. The highest BCUT2D eigenvalue weighted by molar-refractivity contribution is 6.04. The maximum Gasteiger partial charge on any atom is 0.416 e. The average molecular weight is 990 g/mol. The Morgan fingerprint density at radius 3 is 1.42 bits per heavy atom. The van der Waals surface area contributed by atoms with Crippen LogP contribution in [0.15, 0.2) is 91.0 Å². The van der Waals surface area contributed by atoms with E-state index in [2.05, 4.69) is 137 Å². The van der Waals surface area contributed by atoms with Crippen molar-refractivity contribution in [3.8, 4) is 22.3 Å². The molecule has 0 radical (unpaired) electrons. The van der Waals surface area contributed by atoms with Crippen LogP contribution in [-0.2, 0) is 31.1 Å². The SMILES string of the molecule is CCCCCCc1cc(CCCCCC)cc(-c2c3nc(c(N(C(=O)O)c4ccc(C(C)(C)C)cc4)c4ccc([nH]4)c(-c4cc(CCCCCC)cc(CCCCCC)c4)c4nc(cc5ccc2[nH]5)C=C4)C=C3)c1. The van der Waals surface area contributed by atoms with Gasteiger partial charge in [0.15, 0.2) is 0 Å². The zero-order chi connectivity index (χ0) is 52.0. The van der Waals surface area contributed by atoms with E-state index in [1.54, 1.807) is 0 Å². The number of aromatic amines is 2. The summed E-state index contributed by atoms with van der Waals surface area (Å²) in [5, 5.41) is 11.4. The fourth-order valence-electron chi connectivity index (χ4n) is 10.8. The molecule has 7 nitrogen and oxygen atoms in total. The van der Waals surface area contributed by atoms with E-state index in [1.165, 1.54) is 104 Å². The highest BCUT2D eigenvalue weighted by atomic mass is 16.4. The van der Waals surface area contributed by atoms with Crippen LogP contribution in [0.25, 0.3) is 68.6 Å². The van der Waals surface area contributed by atoms with Gasteiger partial charge in [-0.05, 0) is 162 Å². The van der Waals surface area contributed by atoms with Crippen LogP contribution in [0.5, 0.6) is 0 Å². The van der Waals surface area contributed by atoms with Crippen molar-refractivity contribution in [1.29, 1.82) is 0 Å². The topological polar surface area (TPSA) is 97.9 Å². The number of nitrogens with zero attached hydrogens (tertiary/aromatic N) is 3. The van der Waals surface area contributed by atoms with Gasteiger partial charge in [0.2, 0.25) is 0 Å². The third kappa shape index (κ3) is 13.6. The zero-order valence-corrected chi connectivity index (χ0v) is 45.8. The van der Waals surface area contributed by atoms with E-state index < -0.39 is 6.09 Å². The van der Waals surface area contributed by atoms with E-state index >= 15 is 0 Å². The Balaban J connectivity index is 1.41. The second kappa shape index (κ2) is 25.7. The quantitative estimate of drug-likeness (QED) is 0.0525. The van der Waals surface area contributed by atoms with Crippen LogP contribution in [-0.4, -0.2) is 31.1 Å². The molecule has 0 saturated heterocycles. The summed E-state index contributed by atoms with van der Waals surface area (Å²) in [5.74, 6) is 0. The van der Waals surface area contributed by atoms with Gasteiger partial charge in [-0.1, -0.05) is 174 Å². The van der Waals surface area contributed by atoms with Gasteiger partial charge >= 0.3 is 6.09 Å². The molecule has 0 aliphatic carbocycles. The van der Waals surface area contributed by atoms with E-state index in [9.17, 15) is 9.90 Å². The molecule has 0 atom stereocenters. The number of benzene rings is 3. The molecule has 3 aromatic heterocycles. The number of carboxylic acid groups (broad SMARTS) is 1. The lowest BCUT2D eigenvalue weighted by Crippen LogP contribution is -2.25. The van der Waals surface area contributed by atoms with Crippen molar-refractivity contribution < 1.29 is 9.90 Å². The maximum atomic E-state index is 14.0. The van der Waals surface area contributed by atoms with Crippen LogP contribution in [0, 0.1) is 0 Å². The van der Waals surface area contributed by atoms with E-state index in [0.717, 1.165) is 113 Å². The van der Waals surface area contributed by atoms with Gasteiger partial charge in [0.25, 0.3) is 0 Å². The molecule has 2 aliphatic heterocycles. The minimum Gasteiger partial charge on any atom is -0.464 e. The number of hydrogen-bond acceptors (Lipinski definition) is 3. The largest absolute Gasteiger partial charge is 0.464 e. The molecule has 0 spiro atoms. The summed E-state index contributed by atoms with van der Waals surface area (Å²) in [4.78, 5) is 34.0. The van der Waals surface area contributed by atoms with Crippen molar-refractivity contribution >= 4 is 63.8 Å². The molecule has 2 aliphatic rings. The van der Waals surface area contributed by atoms with E-state index in [0.29, 0.717) is 22.6 Å². The molecule has 74 heavy (non-hydrogen) atoms. The fraction of sp³-hybridized carbons (Fsp3) is 0.418. The highest BCUT2D eigenvalue weighted by Gasteiger charge is 2.26. The number of aryl methyl sites for hydroxylation is 4. The summed E-state index contributed by atoms with van der Waals surface area (Å²) in [6.45, 7) is 15.6. The molecule has 5 heterocycles. The summed E-state index contributed by atoms with van der Waals surface area (Å²) in [6, 6.07) is 32.9. The third-order valence-electron chi connectivity index (χ3n) is 14.9. The van der Waals surface area contributed by atoms with Crippen LogP contribution in [0.2, 0.25) is 0 Å². The molecule has 8 bridgehead atoms. The van der Waals surface area contributed by atoms with Crippen LogP contribution in [0.1, 0.15) is 202 Å². The number of carbonyl (C=O) groups is 1. The zero-order valence-electron chi connectivity index (χ0n) is 45.8. The van der Waals surface area contributed by atoms with Gasteiger partial charge < -0.3 is 15.1 Å². The standard InChI is InChI=1S/C67H83N5O2/c1-8-12-16-20-24-47-40-48(25-21-17-13-9-2)43-51(42-47)63-57-34-30-54(68-57)46-55-31-35-58(69-55)64(52-44-49(26-22-18-14-10-3)41-50(45-52)27-23-19-15-11-4)60-37-39-62(71-60)65(61-38-36-59(63)70-61)72(66(73)74)56-32-28-53(29-33-56)67(5,6)7/h28-46,68,71H,8-27H2,1-7H3,(H,73,74). The number of unbranched alkanes of at least 4 members (excludes halogenated alkanes) is 12. The number of amides is 1. The average Bonchev–Trinajstić information content (AvgIpc) is 4.24. The Morgan fingerprint density at radius 2 is 0.932 bits per heavy atom. The van der Waals surface area contributed by atoms with E-state index in [1.807, 2.05) is 36.4 Å². The van der Waals surface area contributed by atoms with Crippen LogP contribution >= 0.6 is 0 Å². The number of rotatable bonds is 24. The number of H-pyrrole nitrogens is 2. The molecular weight excluding hydrogens is 907 g/mol. The molecular formula is C67H83N5O2. The number of hydrogen-bond donors (Lipinski definition) is 3. The normalized spacial score (nSPS) is 12.3. The van der Waals surface area contributed by atoms with E-state index in [-0.39, 0.29) is 5.41 Å². The first kappa shape index (κ1) is 53.8. The van der Waals surface area contributed by atoms with Crippen LogP contribution in [0.4, 0.5) is 16.2 Å². The summed E-state index contributed by atoms with van der Waals surface area (Å²) in [6.07, 6.45) is 30.6. The third-order valence-corrected chi connectivity index (χ3v) is 14.9. The minimum absolute atomic E-state index is 0.106. The summed E-state index contributed by atoms with van der Waals surface area (Å²) in [5.41, 5.74) is 18.1. The Morgan fingerprint density at radius 1 is 0.486 bits per heavy atom. The summed E-state index contributed by atoms with van der Waals surface area (Å²) < 4.78 is 0. The lowest BCUT2D eigenvalue weighted by molar-refractivity contribution is 0.205. The van der Waals surface area contributed by atoms with Crippen LogP contribution in [0.3, 0.4) is 0 Å². The molecule has 0 fully saturated rings. The van der Waals surface area contributed by atoms with Gasteiger partial charge in [0.1, 0.15) is 5.69 Å². The molecule has 0 unspecified atom stereocenters. The second-order valence-electron chi connectivity index (χ2n) is 22.1. The van der Waals surface area contributed by atoms with Gasteiger partial charge in [-0.15, -0.1) is 0 Å². The Hall–Kier alpha value is -6.47. The Labute approximate surface area is 442 Å². The fourth-order valence-corrected chi connectivity index (χ4v) is 10.8. The van der Waals surface area contributed by atoms with Gasteiger partial charge in [-0.3, -0.25) is 0 Å². The first-order valence-electron chi connectivity index (χ1n) is 28.5. The number of anilines is 2. The predicted octanol–water partition coefficient (Wildman–Crippen LogP) is 19.6. The van der Waals surface area contributed by atoms with Crippen molar-refractivity contribution in [2.45, 2.75) is 182 Å². The van der Waals surface area contributed by atoms with Crippen molar-refractivity contribution in [2.75, 3.05) is 4.90 Å². The Kier molecular flexibility index (Phi) is 18.7. The molecule has 3 aromatic carbocycles. The molecule has 6 aromatic rings. The van der Waals surface area contributed by atoms with E-state index in [4.69, 9.17) is 9.97 Å². The Bertz CT molecular complexity index is 2960. The van der Waals surface area contributed by atoms with Crippen molar-refractivity contribution in [3.05, 3.63) is 142 Å². The molecule has 7 heteroatoms. The van der Waals surface area contributed by atoms with Gasteiger partial charge in [0, 0.05) is 27.7 Å². The second-order valence-corrected chi connectivity index (χ2v) is 22.1. The number of aromatic nitrogens is 4. The predicted molar refractivity (Wildman–Crippen MR) is 316 cm³/mol. The first-order valence-corrected chi connectivity index (χ1v) is 28.5. The van der Waals surface area contributed by atoms with Crippen molar-refractivity contribution in [3.63, 3.8) is 0 Å². The van der Waals surface area contributed by atoms with Gasteiger partial charge in [0.05, 0.1) is 34.0 Å². The molecule has 1 amide bonds.